The highest BCUT2D eigenvalue weighted by molar-refractivity contribution is 9.10. The van der Waals surface area contributed by atoms with E-state index >= 15 is 0 Å². The molecule has 100 valence electrons. The van der Waals surface area contributed by atoms with Gasteiger partial charge in [-0.25, -0.2) is 4.79 Å². The van der Waals surface area contributed by atoms with E-state index in [1.54, 1.807) is 13.0 Å². The molecule has 1 heterocycles. The number of esters is 1. The van der Waals surface area contributed by atoms with Gasteiger partial charge in [-0.15, -0.1) is 0 Å². The van der Waals surface area contributed by atoms with Gasteiger partial charge < -0.3 is 9.30 Å². The first-order chi connectivity index (χ1) is 9.15. The van der Waals surface area contributed by atoms with Crippen molar-refractivity contribution in [3.05, 3.63) is 58.3 Å². The van der Waals surface area contributed by atoms with Crippen LogP contribution in [0.15, 0.2) is 47.1 Å². The van der Waals surface area contributed by atoms with Crippen LogP contribution in [0.3, 0.4) is 0 Å². The van der Waals surface area contributed by atoms with E-state index in [0.717, 1.165) is 10.2 Å². The zero-order chi connectivity index (χ0) is 13.8. The fourth-order valence-electron chi connectivity index (χ4n) is 2.07. The van der Waals surface area contributed by atoms with Crippen LogP contribution in [-0.4, -0.2) is 17.1 Å². The van der Waals surface area contributed by atoms with Crippen LogP contribution in [0.5, 0.6) is 0 Å². The molecule has 0 aliphatic rings. The molecule has 4 heteroatoms. The smallest absolute Gasteiger partial charge is 0.354 e. The Labute approximate surface area is 121 Å². The zero-order valence-corrected chi connectivity index (χ0v) is 12.6. The minimum absolute atomic E-state index is 0.0602. The van der Waals surface area contributed by atoms with Crippen LogP contribution < -0.4 is 0 Å². The molecule has 0 saturated carbocycles. The van der Waals surface area contributed by atoms with E-state index in [9.17, 15) is 4.79 Å². The number of aromatic nitrogens is 1. The molecule has 0 aliphatic carbocycles. The number of hydrogen-bond acceptors (Lipinski definition) is 2. The maximum Gasteiger partial charge on any atom is 0.354 e. The first kappa shape index (κ1) is 13.9. The maximum atomic E-state index is 12.0. The number of rotatable bonds is 4. The normalized spacial score (nSPS) is 12.2. The summed E-state index contributed by atoms with van der Waals surface area (Å²) in [6.07, 6.45) is 0. The fourth-order valence-corrected chi connectivity index (χ4v) is 2.70. The fraction of sp³-hybridized carbons (Fsp3) is 0.267. The number of hydrogen-bond donors (Lipinski definition) is 0. The van der Waals surface area contributed by atoms with Gasteiger partial charge in [0.05, 0.1) is 17.3 Å². The summed E-state index contributed by atoms with van der Waals surface area (Å²) < 4.78 is 7.89. The third kappa shape index (κ3) is 2.89. The molecule has 1 atom stereocenters. The number of ether oxygens (including phenoxy) is 1. The standard InChI is InChI=1S/C15H16BrNO2/c1-3-19-15(18)13-9-10-14(16)17(13)11(2)12-7-5-4-6-8-12/h4-11H,3H2,1-2H3/t11-/m1/s1. The van der Waals surface area contributed by atoms with Gasteiger partial charge in [0.15, 0.2) is 0 Å². The van der Waals surface area contributed by atoms with Crippen molar-refractivity contribution >= 4 is 21.9 Å². The molecule has 0 unspecified atom stereocenters. The van der Waals surface area contributed by atoms with E-state index in [1.165, 1.54) is 0 Å². The Balaban J connectivity index is 2.39. The number of carbonyl (C=O) groups is 1. The van der Waals surface area contributed by atoms with Crippen LogP contribution in [0.2, 0.25) is 0 Å². The van der Waals surface area contributed by atoms with Crippen LogP contribution in [0.4, 0.5) is 0 Å². The van der Waals surface area contributed by atoms with Crippen molar-refractivity contribution < 1.29 is 9.53 Å². The molecule has 0 saturated heterocycles. The monoisotopic (exact) mass is 321 g/mol. The summed E-state index contributed by atoms with van der Waals surface area (Å²) in [5.41, 5.74) is 1.70. The Bertz CT molecular complexity index is 563. The lowest BCUT2D eigenvalue weighted by Gasteiger charge is -2.18. The second-order valence-corrected chi connectivity index (χ2v) is 5.03. The highest BCUT2D eigenvalue weighted by Gasteiger charge is 2.19. The SMILES string of the molecule is CCOC(=O)c1ccc(Br)n1[C@H](C)c1ccccc1. The highest BCUT2D eigenvalue weighted by Crippen LogP contribution is 2.26. The third-order valence-electron chi connectivity index (χ3n) is 3.02. The molecule has 0 fully saturated rings. The van der Waals surface area contributed by atoms with Gasteiger partial charge >= 0.3 is 5.97 Å². The second-order valence-electron chi connectivity index (χ2n) is 4.22. The maximum absolute atomic E-state index is 12.0. The number of carbonyl (C=O) groups excluding carboxylic acids is 1. The predicted molar refractivity (Wildman–Crippen MR) is 78.3 cm³/mol. The van der Waals surface area contributed by atoms with Crippen LogP contribution in [0.25, 0.3) is 0 Å². The predicted octanol–water partition coefficient (Wildman–Crippen LogP) is 4.04. The number of halogens is 1. The number of benzene rings is 1. The van der Waals surface area contributed by atoms with Gasteiger partial charge in [-0.2, -0.15) is 0 Å². The molecule has 1 aromatic heterocycles. The molecule has 0 aliphatic heterocycles. The van der Waals surface area contributed by atoms with Crippen molar-refractivity contribution in [2.24, 2.45) is 0 Å². The Morgan fingerprint density at radius 2 is 1.95 bits per heavy atom. The molecule has 2 aromatic rings. The lowest BCUT2D eigenvalue weighted by molar-refractivity contribution is 0.0512. The zero-order valence-electron chi connectivity index (χ0n) is 11.0. The topological polar surface area (TPSA) is 31.2 Å². The number of nitrogens with zero attached hydrogens (tertiary/aromatic N) is 1. The molecule has 0 bridgehead atoms. The molecule has 19 heavy (non-hydrogen) atoms. The van der Waals surface area contributed by atoms with Gasteiger partial charge in [-0.05, 0) is 47.5 Å². The summed E-state index contributed by atoms with van der Waals surface area (Å²) in [5, 5.41) is 0. The highest BCUT2D eigenvalue weighted by atomic mass is 79.9. The van der Waals surface area contributed by atoms with Gasteiger partial charge in [-0.3, -0.25) is 0 Å². The minimum atomic E-state index is -0.295. The summed E-state index contributed by atoms with van der Waals surface area (Å²) in [6, 6.07) is 13.8. The molecular weight excluding hydrogens is 306 g/mol. The second kappa shape index (κ2) is 6.06. The van der Waals surface area contributed by atoms with Gasteiger partial charge in [0.1, 0.15) is 5.69 Å². The summed E-state index contributed by atoms with van der Waals surface area (Å²) in [5.74, 6) is -0.295. The van der Waals surface area contributed by atoms with Gasteiger partial charge in [-0.1, -0.05) is 30.3 Å². The molecular formula is C15H16BrNO2. The van der Waals surface area contributed by atoms with E-state index in [-0.39, 0.29) is 12.0 Å². The summed E-state index contributed by atoms with van der Waals surface area (Å²) >= 11 is 3.49. The van der Waals surface area contributed by atoms with Gasteiger partial charge in [0.2, 0.25) is 0 Å². The third-order valence-corrected chi connectivity index (χ3v) is 3.67. The Hall–Kier alpha value is -1.55. The van der Waals surface area contributed by atoms with Crippen LogP contribution in [0.1, 0.15) is 35.9 Å². The Morgan fingerprint density at radius 3 is 2.58 bits per heavy atom. The first-order valence-corrected chi connectivity index (χ1v) is 7.03. The van der Waals surface area contributed by atoms with E-state index in [0.29, 0.717) is 12.3 Å². The Morgan fingerprint density at radius 1 is 1.26 bits per heavy atom. The summed E-state index contributed by atoms with van der Waals surface area (Å²) in [4.78, 5) is 12.0. The van der Waals surface area contributed by atoms with Crippen LogP contribution >= 0.6 is 15.9 Å². The van der Waals surface area contributed by atoms with Crippen molar-refractivity contribution in [3.63, 3.8) is 0 Å². The summed E-state index contributed by atoms with van der Waals surface area (Å²) in [7, 11) is 0. The molecule has 3 nitrogen and oxygen atoms in total. The lowest BCUT2D eigenvalue weighted by atomic mass is 10.1. The molecule has 2 rings (SSSR count). The van der Waals surface area contributed by atoms with E-state index in [4.69, 9.17) is 4.74 Å². The molecule has 0 N–H and O–H groups in total. The van der Waals surface area contributed by atoms with E-state index < -0.39 is 0 Å². The van der Waals surface area contributed by atoms with Crippen molar-refractivity contribution in [3.8, 4) is 0 Å². The average molecular weight is 322 g/mol. The molecule has 0 spiro atoms. The van der Waals surface area contributed by atoms with Crippen molar-refractivity contribution in [2.45, 2.75) is 19.9 Å². The van der Waals surface area contributed by atoms with Gasteiger partial charge in [0.25, 0.3) is 0 Å². The largest absolute Gasteiger partial charge is 0.461 e. The van der Waals surface area contributed by atoms with Gasteiger partial charge in [0, 0.05) is 0 Å². The van der Waals surface area contributed by atoms with Crippen molar-refractivity contribution in [2.75, 3.05) is 6.61 Å². The van der Waals surface area contributed by atoms with E-state index in [2.05, 4.69) is 22.9 Å². The van der Waals surface area contributed by atoms with Crippen molar-refractivity contribution in [1.29, 1.82) is 0 Å². The van der Waals surface area contributed by atoms with Crippen LogP contribution in [-0.2, 0) is 4.74 Å². The minimum Gasteiger partial charge on any atom is -0.461 e. The molecule has 0 amide bonds. The van der Waals surface area contributed by atoms with Crippen LogP contribution in [0, 0.1) is 0 Å². The quantitative estimate of drug-likeness (QED) is 0.796. The van der Waals surface area contributed by atoms with E-state index in [1.807, 2.05) is 41.0 Å². The lowest BCUT2D eigenvalue weighted by Crippen LogP contribution is -2.16. The Kier molecular flexibility index (Phi) is 4.43. The summed E-state index contributed by atoms with van der Waals surface area (Å²) in [6.45, 7) is 4.24. The average Bonchev–Trinajstić information content (AvgIpc) is 2.81. The molecule has 1 aromatic carbocycles. The first-order valence-electron chi connectivity index (χ1n) is 6.24. The van der Waals surface area contributed by atoms with Crippen molar-refractivity contribution in [1.82, 2.24) is 4.57 Å². The molecule has 0 radical (unpaired) electrons.